The molecular weight excluding hydrogens is 441 g/mol. The predicted octanol–water partition coefficient (Wildman–Crippen LogP) is 3.54. The normalized spacial score (nSPS) is 13.6. The molecule has 6 heteroatoms. The topological polar surface area (TPSA) is 57.1 Å². The summed E-state index contributed by atoms with van der Waals surface area (Å²) in [6.07, 6.45) is 1.03. The van der Waals surface area contributed by atoms with Crippen LogP contribution in [0.25, 0.3) is 0 Å². The summed E-state index contributed by atoms with van der Waals surface area (Å²) in [7, 11) is 1.55. The molecule has 0 amide bonds. The van der Waals surface area contributed by atoms with Crippen LogP contribution in [0.15, 0.2) is 47.5 Å². The molecule has 140 valence electrons. The first kappa shape index (κ1) is 20.4. The van der Waals surface area contributed by atoms with Gasteiger partial charge in [-0.25, -0.2) is 4.99 Å². The van der Waals surface area contributed by atoms with Crippen LogP contribution in [0.1, 0.15) is 23.6 Å². The van der Waals surface area contributed by atoms with Gasteiger partial charge in [0.05, 0.1) is 13.7 Å². The Morgan fingerprint density at radius 3 is 2.69 bits per heavy atom. The summed E-state index contributed by atoms with van der Waals surface area (Å²) in [5.74, 6) is 1.53. The van der Waals surface area contributed by atoms with Crippen LogP contribution in [0.5, 0.6) is 11.5 Å². The molecule has 0 saturated heterocycles. The van der Waals surface area contributed by atoms with E-state index in [1.54, 1.807) is 19.2 Å². The fourth-order valence-electron chi connectivity index (χ4n) is 3.10. The number of ether oxygens (including phenoxy) is 1. The largest absolute Gasteiger partial charge is 0.504 e. The van der Waals surface area contributed by atoms with E-state index in [4.69, 9.17) is 9.73 Å². The summed E-state index contributed by atoms with van der Waals surface area (Å²) in [6.45, 7) is 5.24. The van der Waals surface area contributed by atoms with E-state index < -0.39 is 0 Å². The molecule has 26 heavy (non-hydrogen) atoms. The van der Waals surface area contributed by atoms with Gasteiger partial charge in [-0.15, -0.1) is 24.0 Å². The molecule has 0 fully saturated rings. The van der Waals surface area contributed by atoms with Gasteiger partial charge in [0.1, 0.15) is 0 Å². The van der Waals surface area contributed by atoms with Gasteiger partial charge >= 0.3 is 0 Å². The SMILES string of the molecule is CCNC(=NCc1ccc(OC)c(O)c1)N1CCc2ccccc2C1.I. The second-order valence-electron chi connectivity index (χ2n) is 6.12. The summed E-state index contributed by atoms with van der Waals surface area (Å²) in [5.41, 5.74) is 3.74. The zero-order valence-electron chi connectivity index (χ0n) is 15.2. The van der Waals surface area contributed by atoms with Crippen LogP contribution in [-0.4, -0.2) is 36.2 Å². The fourth-order valence-corrected chi connectivity index (χ4v) is 3.10. The number of benzene rings is 2. The van der Waals surface area contributed by atoms with E-state index in [-0.39, 0.29) is 29.7 Å². The van der Waals surface area contributed by atoms with E-state index in [9.17, 15) is 5.11 Å². The maximum Gasteiger partial charge on any atom is 0.194 e. The molecule has 0 spiro atoms. The van der Waals surface area contributed by atoms with Crippen LogP contribution in [0.4, 0.5) is 0 Å². The number of aromatic hydroxyl groups is 1. The average Bonchev–Trinajstić information content (AvgIpc) is 2.65. The third-order valence-corrected chi connectivity index (χ3v) is 4.42. The third-order valence-electron chi connectivity index (χ3n) is 4.42. The van der Waals surface area contributed by atoms with Gasteiger partial charge < -0.3 is 20.1 Å². The molecule has 0 saturated carbocycles. The molecular formula is C20H26IN3O2. The number of methoxy groups -OCH3 is 1. The number of guanidine groups is 1. The minimum Gasteiger partial charge on any atom is -0.504 e. The van der Waals surface area contributed by atoms with Crippen molar-refractivity contribution >= 4 is 29.9 Å². The molecule has 2 aromatic rings. The van der Waals surface area contributed by atoms with Crippen molar-refractivity contribution in [1.82, 2.24) is 10.2 Å². The van der Waals surface area contributed by atoms with E-state index in [1.165, 1.54) is 11.1 Å². The molecule has 0 aliphatic carbocycles. The lowest BCUT2D eigenvalue weighted by atomic mass is 10.0. The number of nitrogens with one attached hydrogen (secondary N) is 1. The van der Waals surface area contributed by atoms with Crippen molar-refractivity contribution in [2.75, 3.05) is 20.2 Å². The molecule has 1 aliphatic heterocycles. The van der Waals surface area contributed by atoms with Crippen molar-refractivity contribution in [2.45, 2.75) is 26.4 Å². The summed E-state index contributed by atoms with van der Waals surface area (Å²) in [4.78, 5) is 7.04. The summed E-state index contributed by atoms with van der Waals surface area (Å²) < 4.78 is 5.09. The second kappa shape index (κ2) is 9.66. The van der Waals surface area contributed by atoms with Gasteiger partial charge in [-0.2, -0.15) is 0 Å². The minimum atomic E-state index is 0. The lowest BCUT2D eigenvalue weighted by Crippen LogP contribution is -2.44. The molecule has 2 aromatic carbocycles. The molecule has 5 nitrogen and oxygen atoms in total. The van der Waals surface area contributed by atoms with Gasteiger partial charge in [0, 0.05) is 19.6 Å². The molecule has 0 unspecified atom stereocenters. The van der Waals surface area contributed by atoms with E-state index in [0.717, 1.165) is 37.6 Å². The number of aliphatic imine (C=N–C) groups is 1. The Bertz CT molecular complexity index is 764. The van der Waals surface area contributed by atoms with E-state index in [2.05, 4.69) is 41.4 Å². The first-order chi connectivity index (χ1) is 12.2. The lowest BCUT2D eigenvalue weighted by molar-refractivity contribution is 0.373. The molecule has 3 rings (SSSR count). The Morgan fingerprint density at radius 1 is 1.23 bits per heavy atom. The third kappa shape index (κ3) is 4.81. The summed E-state index contributed by atoms with van der Waals surface area (Å²) >= 11 is 0. The van der Waals surface area contributed by atoms with Crippen molar-refractivity contribution in [3.05, 3.63) is 59.2 Å². The Balaban J connectivity index is 0.00000243. The van der Waals surface area contributed by atoms with Gasteiger partial charge in [-0.1, -0.05) is 30.3 Å². The van der Waals surface area contributed by atoms with Crippen LogP contribution in [0, 0.1) is 0 Å². The number of nitrogens with zero attached hydrogens (tertiary/aromatic N) is 2. The number of fused-ring (bicyclic) bond motifs is 1. The lowest BCUT2D eigenvalue weighted by Gasteiger charge is -2.31. The Labute approximate surface area is 172 Å². The van der Waals surface area contributed by atoms with Gasteiger partial charge in [0.2, 0.25) is 0 Å². The van der Waals surface area contributed by atoms with Crippen LogP contribution < -0.4 is 10.1 Å². The number of phenols is 1. The van der Waals surface area contributed by atoms with Crippen molar-refractivity contribution in [3.8, 4) is 11.5 Å². The van der Waals surface area contributed by atoms with E-state index in [0.29, 0.717) is 12.3 Å². The van der Waals surface area contributed by atoms with Gasteiger partial charge in [-0.3, -0.25) is 0 Å². The van der Waals surface area contributed by atoms with Crippen LogP contribution in [0.2, 0.25) is 0 Å². The number of rotatable bonds is 4. The van der Waals surface area contributed by atoms with E-state index >= 15 is 0 Å². The molecule has 0 aromatic heterocycles. The molecule has 0 radical (unpaired) electrons. The first-order valence-corrected chi connectivity index (χ1v) is 8.67. The Morgan fingerprint density at radius 2 is 2.00 bits per heavy atom. The smallest absolute Gasteiger partial charge is 0.194 e. The molecule has 0 bridgehead atoms. The van der Waals surface area contributed by atoms with Crippen molar-refractivity contribution in [1.29, 1.82) is 0 Å². The maximum absolute atomic E-state index is 9.92. The number of hydrogen-bond acceptors (Lipinski definition) is 3. The van der Waals surface area contributed by atoms with Crippen molar-refractivity contribution in [3.63, 3.8) is 0 Å². The molecule has 1 heterocycles. The molecule has 0 atom stereocenters. The van der Waals surface area contributed by atoms with Crippen molar-refractivity contribution < 1.29 is 9.84 Å². The average molecular weight is 467 g/mol. The van der Waals surface area contributed by atoms with Crippen LogP contribution in [-0.2, 0) is 19.5 Å². The standard InChI is InChI=1S/C20H25N3O2.HI/c1-3-21-20(22-13-15-8-9-19(25-2)18(24)12-15)23-11-10-16-6-4-5-7-17(16)14-23;/h4-9,12,24H,3,10-11,13-14H2,1-2H3,(H,21,22);1H. The van der Waals surface area contributed by atoms with Gasteiger partial charge in [0.25, 0.3) is 0 Å². The van der Waals surface area contributed by atoms with Crippen LogP contribution >= 0.6 is 24.0 Å². The zero-order chi connectivity index (χ0) is 17.6. The first-order valence-electron chi connectivity index (χ1n) is 8.67. The van der Waals surface area contributed by atoms with Crippen LogP contribution in [0.3, 0.4) is 0 Å². The molecule has 2 N–H and O–H groups in total. The van der Waals surface area contributed by atoms with E-state index in [1.807, 2.05) is 6.07 Å². The number of phenolic OH excluding ortho intramolecular Hbond substituents is 1. The highest BCUT2D eigenvalue weighted by Crippen LogP contribution is 2.26. The number of halogens is 1. The predicted molar refractivity (Wildman–Crippen MR) is 115 cm³/mol. The number of hydrogen-bond donors (Lipinski definition) is 2. The Kier molecular flexibility index (Phi) is 7.56. The highest BCUT2D eigenvalue weighted by atomic mass is 127. The maximum atomic E-state index is 9.92. The van der Waals surface area contributed by atoms with Gasteiger partial charge in [0.15, 0.2) is 17.5 Å². The quantitative estimate of drug-likeness (QED) is 0.411. The summed E-state index contributed by atoms with van der Waals surface area (Å²) in [6, 6.07) is 14.0. The summed E-state index contributed by atoms with van der Waals surface area (Å²) in [5, 5.41) is 13.3. The molecule has 1 aliphatic rings. The second-order valence-corrected chi connectivity index (χ2v) is 6.12. The Hall–Kier alpha value is -1.96. The van der Waals surface area contributed by atoms with Crippen molar-refractivity contribution in [2.24, 2.45) is 4.99 Å². The van der Waals surface area contributed by atoms with Gasteiger partial charge in [-0.05, 0) is 42.2 Å². The highest BCUT2D eigenvalue weighted by molar-refractivity contribution is 14.0. The highest BCUT2D eigenvalue weighted by Gasteiger charge is 2.18. The fraction of sp³-hybridized carbons (Fsp3) is 0.350. The minimum absolute atomic E-state index is 0. The monoisotopic (exact) mass is 467 g/mol. The zero-order valence-corrected chi connectivity index (χ0v) is 17.6.